The molecule has 0 aliphatic carbocycles. The Hall–Kier alpha value is -0.0400. The van der Waals surface area contributed by atoms with E-state index in [1.54, 1.807) is 0 Å². The Labute approximate surface area is 78.7 Å². The molecule has 0 aromatic carbocycles. The topological polar surface area (TPSA) is 26.0 Å². The maximum atomic E-state index is 5.78. The average molecular weight is 173 g/mol. The Balaban J connectivity index is 0. The third-order valence-corrected chi connectivity index (χ3v) is 1.42. The second kappa shape index (κ2) is 9.05. The molecule has 0 atom stereocenters. The SMILES string of the molecule is CCC.CCCCCC(C)(C)N. The summed E-state index contributed by atoms with van der Waals surface area (Å²) in [6, 6.07) is 0. The molecule has 0 aliphatic rings. The predicted octanol–water partition coefficient (Wildman–Crippen LogP) is 3.72. The van der Waals surface area contributed by atoms with E-state index in [1.165, 1.54) is 25.7 Å². The molecule has 1 nitrogen and oxygen atoms in total. The summed E-state index contributed by atoms with van der Waals surface area (Å²) in [5.41, 5.74) is 5.83. The van der Waals surface area contributed by atoms with Gasteiger partial charge >= 0.3 is 0 Å². The number of hydrogen-bond acceptors (Lipinski definition) is 1. The van der Waals surface area contributed by atoms with Crippen LogP contribution in [0, 0.1) is 0 Å². The van der Waals surface area contributed by atoms with Crippen molar-refractivity contribution in [3.05, 3.63) is 0 Å². The molecule has 76 valence electrons. The van der Waals surface area contributed by atoms with Crippen LogP contribution in [0.3, 0.4) is 0 Å². The molecule has 0 fully saturated rings. The van der Waals surface area contributed by atoms with Crippen LogP contribution < -0.4 is 5.73 Å². The molecular weight excluding hydrogens is 146 g/mol. The van der Waals surface area contributed by atoms with E-state index in [-0.39, 0.29) is 5.54 Å². The van der Waals surface area contributed by atoms with E-state index >= 15 is 0 Å². The monoisotopic (exact) mass is 173 g/mol. The molecule has 0 heterocycles. The molecule has 0 aliphatic heterocycles. The molecule has 0 amide bonds. The van der Waals surface area contributed by atoms with Crippen LogP contribution in [-0.2, 0) is 0 Å². The lowest BCUT2D eigenvalue weighted by atomic mass is 9.98. The molecule has 0 unspecified atom stereocenters. The summed E-state index contributed by atoms with van der Waals surface area (Å²) in [6.07, 6.45) is 6.29. The third kappa shape index (κ3) is 22.5. The van der Waals surface area contributed by atoms with Gasteiger partial charge in [0.1, 0.15) is 0 Å². The second-order valence-corrected chi connectivity index (χ2v) is 4.15. The lowest BCUT2D eigenvalue weighted by molar-refractivity contribution is 0.449. The third-order valence-electron chi connectivity index (χ3n) is 1.42. The van der Waals surface area contributed by atoms with E-state index < -0.39 is 0 Å². The number of unbranched alkanes of at least 4 members (excludes halogenated alkanes) is 2. The Morgan fingerprint density at radius 3 is 1.67 bits per heavy atom. The van der Waals surface area contributed by atoms with Crippen molar-refractivity contribution in [3.63, 3.8) is 0 Å². The van der Waals surface area contributed by atoms with E-state index in [0.717, 1.165) is 6.42 Å². The smallest absolute Gasteiger partial charge is 0.00970 e. The molecule has 0 spiro atoms. The van der Waals surface area contributed by atoms with Crippen molar-refractivity contribution in [3.8, 4) is 0 Å². The summed E-state index contributed by atoms with van der Waals surface area (Å²) in [5, 5.41) is 0. The summed E-state index contributed by atoms with van der Waals surface area (Å²) >= 11 is 0. The van der Waals surface area contributed by atoms with Gasteiger partial charge in [0.15, 0.2) is 0 Å². The van der Waals surface area contributed by atoms with Crippen LogP contribution in [-0.4, -0.2) is 5.54 Å². The molecule has 0 rings (SSSR count). The molecule has 0 bridgehead atoms. The zero-order chi connectivity index (χ0) is 10.0. The fraction of sp³-hybridized carbons (Fsp3) is 1.00. The predicted molar refractivity (Wildman–Crippen MR) is 58.4 cm³/mol. The van der Waals surface area contributed by atoms with Gasteiger partial charge < -0.3 is 5.73 Å². The van der Waals surface area contributed by atoms with Crippen LogP contribution in [0.15, 0.2) is 0 Å². The molecule has 0 saturated carbocycles. The first kappa shape index (κ1) is 14.5. The largest absolute Gasteiger partial charge is 0.326 e. The van der Waals surface area contributed by atoms with Gasteiger partial charge in [-0.15, -0.1) is 0 Å². The van der Waals surface area contributed by atoms with Crippen LogP contribution >= 0.6 is 0 Å². The van der Waals surface area contributed by atoms with Gasteiger partial charge in [-0.25, -0.2) is 0 Å². The van der Waals surface area contributed by atoms with Gasteiger partial charge in [-0.05, 0) is 20.3 Å². The number of hydrogen-bond donors (Lipinski definition) is 1. The van der Waals surface area contributed by atoms with E-state index in [1.807, 2.05) is 0 Å². The second-order valence-electron chi connectivity index (χ2n) is 4.15. The zero-order valence-corrected chi connectivity index (χ0v) is 9.61. The lowest BCUT2D eigenvalue weighted by Crippen LogP contribution is -2.31. The van der Waals surface area contributed by atoms with Crippen LogP contribution in [0.25, 0.3) is 0 Å². The van der Waals surface area contributed by atoms with Gasteiger partial charge in [0.25, 0.3) is 0 Å². The van der Waals surface area contributed by atoms with Crippen molar-refractivity contribution in [2.45, 2.75) is 72.3 Å². The first-order chi connectivity index (χ1) is 5.47. The number of nitrogens with two attached hydrogens (primary N) is 1. The van der Waals surface area contributed by atoms with Crippen LogP contribution in [0.4, 0.5) is 0 Å². The summed E-state index contributed by atoms with van der Waals surface area (Å²) in [6.45, 7) is 10.6. The quantitative estimate of drug-likeness (QED) is 0.644. The van der Waals surface area contributed by atoms with Gasteiger partial charge in [0.05, 0.1) is 0 Å². The summed E-state index contributed by atoms with van der Waals surface area (Å²) < 4.78 is 0. The molecule has 0 radical (unpaired) electrons. The Morgan fingerprint density at radius 1 is 1.00 bits per heavy atom. The Kier molecular flexibility index (Phi) is 10.9. The van der Waals surface area contributed by atoms with Crippen molar-refractivity contribution >= 4 is 0 Å². The highest BCUT2D eigenvalue weighted by atomic mass is 14.7. The van der Waals surface area contributed by atoms with Crippen molar-refractivity contribution in [1.29, 1.82) is 0 Å². The molecule has 2 N–H and O–H groups in total. The van der Waals surface area contributed by atoms with Crippen LogP contribution in [0.1, 0.15) is 66.7 Å². The highest BCUT2D eigenvalue weighted by Crippen LogP contribution is 2.09. The van der Waals surface area contributed by atoms with Gasteiger partial charge in [-0.3, -0.25) is 0 Å². The highest BCUT2D eigenvalue weighted by molar-refractivity contribution is 4.70. The number of rotatable bonds is 4. The Bertz CT molecular complexity index is 71.6. The van der Waals surface area contributed by atoms with Crippen LogP contribution in [0.2, 0.25) is 0 Å². The molecule has 12 heavy (non-hydrogen) atoms. The van der Waals surface area contributed by atoms with E-state index in [2.05, 4.69) is 34.6 Å². The van der Waals surface area contributed by atoms with Gasteiger partial charge in [0, 0.05) is 5.54 Å². The van der Waals surface area contributed by atoms with Crippen molar-refractivity contribution in [2.75, 3.05) is 0 Å². The molecule has 0 aromatic heterocycles. The first-order valence-corrected chi connectivity index (χ1v) is 5.26. The van der Waals surface area contributed by atoms with Crippen molar-refractivity contribution in [2.24, 2.45) is 5.73 Å². The minimum atomic E-state index is 0.0508. The summed E-state index contributed by atoms with van der Waals surface area (Å²) in [4.78, 5) is 0. The van der Waals surface area contributed by atoms with Crippen molar-refractivity contribution < 1.29 is 0 Å². The van der Waals surface area contributed by atoms with Crippen LogP contribution in [0.5, 0.6) is 0 Å². The highest BCUT2D eigenvalue weighted by Gasteiger charge is 2.08. The Morgan fingerprint density at radius 2 is 1.42 bits per heavy atom. The normalized spacial score (nSPS) is 10.5. The standard InChI is InChI=1S/C8H19N.C3H8/c1-4-5-6-7-8(2,3)9;1-3-2/h4-7,9H2,1-3H3;3H2,1-2H3. The van der Waals surface area contributed by atoms with Crippen molar-refractivity contribution in [1.82, 2.24) is 0 Å². The van der Waals surface area contributed by atoms with E-state index in [4.69, 9.17) is 5.73 Å². The maximum Gasteiger partial charge on any atom is 0.00970 e. The van der Waals surface area contributed by atoms with Gasteiger partial charge in [-0.2, -0.15) is 0 Å². The van der Waals surface area contributed by atoms with E-state index in [0.29, 0.717) is 0 Å². The molecule has 0 aromatic rings. The fourth-order valence-electron chi connectivity index (χ4n) is 0.831. The minimum absolute atomic E-state index is 0.0508. The average Bonchev–Trinajstić information content (AvgIpc) is 1.87. The van der Waals surface area contributed by atoms with Gasteiger partial charge in [-0.1, -0.05) is 46.5 Å². The van der Waals surface area contributed by atoms with E-state index in [9.17, 15) is 0 Å². The zero-order valence-electron chi connectivity index (χ0n) is 9.61. The first-order valence-electron chi connectivity index (χ1n) is 5.26. The molecular formula is C11H27N. The van der Waals surface area contributed by atoms with Gasteiger partial charge in [0.2, 0.25) is 0 Å². The maximum absolute atomic E-state index is 5.78. The summed E-state index contributed by atoms with van der Waals surface area (Å²) in [7, 11) is 0. The molecule has 1 heteroatoms. The fourth-order valence-corrected chi connectivity index (χ4v) is 0.831. The lowest BCUT2D eigenvalue weighted by Gasteiger charge is -2.17. The summed E-state index contributed by atoms with van der Waals surface area (Å²) in [5.74, 6) is 0. The minimum Gasteiger partial charge on any atom is -0.326 e. The molecule has 0 saturated heterocycles.